The van der Waals surface area contributed by atoms with Crippen LogP contribution in [0, 0.1) is 0 Å². The van der Waals surface area contributed by atoms with E-state index in [1.54, 1.807) is 36.4 Å². The number of nitrogens with one attached hydrogen (secondary N) is 1. The molecular weight excluding hydrogens is 356 g/mol. The molecule has 0 atom stereocenters. The number of hydrogen-bond acceptors (Lipinski definition) is 6. The summed E-state index contributed by atoms with van der Waals surface area (Å²) in [7, 11) is 1.32. The van der Waals surface area contributed by atoms with Crippen LogP contribution in [0.3, 0.4) is 0 Å². The van der Waals surface area contributed by atoms with Gasteiger partial charge in [-0.3, -0.25) is 4.79 Å². The van der Waals surface area contributed by atoms with Crippen LogP contribution in [-0.4, -0.2) is 35.7 Å². The van der Waals surface area contributed by atoms with Crippen molar-refractivity contribution in [3.63, 3.8) is 0 Å². The normalized spacial score (nSPS) is 12.4. The van der Waals surface area contributed by atoms with E-state index in [9.17, 15) is 9.59 Å². The van der Waals surface area contributed by atoms with Gasteiger partial charge < -0.3 is 15.0 Å². The number of ether oxygens (including phenoxy) is 1. The van der Waals surface area contributed by atoms with Crippen LogP contribution in [0.5, 0.6) is 0 Å². The Morgan fingerprint density at radius 3 is 2.50 bits per heavy atom. The molecular formula is C21H18N4O3. The van der Waals surface area contributed by atoms with Crippen molar-refractivity contribution in [3.8, 4) is 0 Å². The topological polar surface area (TPSA) is 84.4 Å². The van der Waals surface area contributed by atoms with Crippen LogP contribution in [0.4, 0.5) is 17.2 Å². The quantitative estimate of drug-likeness (QED) is 0.706. The van der Waals surface area contributed by atoms with Gasteiger partial charge in [0.25, 0.3) is 5.91 Å². The molecule has 7 nitrogen and oxygen atoms in total. The molecule has 1 aromatic heterocycles. The summed E-state index contributed by atoms with van der Waals surface area (Å²) in [6, 6.07) is 18.1. The first kappa shape index (κ1) is 17.7. The van der Waals surface area contributed by atoms with Crippen molar-refractivity contribution >= 4 is 29.1 Å². The minimum atomic E-state index is -0.428. The van der Waals surface area contributed by atoms with Crippen molar-refractivity contribution in [2.24, 2.45) is 0 Å². The maximum Gasteiger partial charge on any atom is 0.337 e. The van der Waals surface area contributed by atoms with E-state index >= 15 is 0 Å². The highest BCUT2D eigenvalue weighted by Crippen LogP contribution is 2.32. The molecule has 0 saturated carbocycles. The van der Waals surface area contributed by atoms with Crippen LogP contribution >= 0.6 is 0 Å². The van der Waals surface area contributed by atoms with Crippen molar-refractivity contribution < 1.29 is 14.3 Å². The highest BCUT2D eigenvalue weighted by Gasteiger charge is 2.21. The van der Waals surface area contributed by atoms with E-state index in [1.165, 1.54) is 12.7 Å². The molecule has 7 heteroatoms. The lowest BCUT2D eigenvalue weighted by Crippen LogP contribution is -2.18. The second-order valence-electron chi connectivity index (χ2n) is 6.33. The van der Waals surface area contributed by atoms with E-state index in [4.69, 9.17) is 0 Å². The molecule has 1 aliphatic rings. The Bertz CT molecular complexity index is 1020. The number of methoxy groups -OCH3 is 1. The van der Waals surface area contributed by atoms with Crippen molar-refractivity contribution in [3.05, 3.63) is 77.5 Å². The Morgan fingerprint density at radius 1 is 1.00 bits per heavy atom. The van der Waals surface area contributed by atoms with E-state index in [0.717, 1.165) is 18.7 Å². The molecule has 2 heterocycles. The lowest BCUT2D eigenvalue weighted by atomic mass is 10.2. The fourth-order valence-corrected chi connectivity index (χ4v) is 3.17. The number of fused-ring (bicyclic) bond motifs is 1. The molecule has 0 spiro atoms. The number of benzene rings is 2. The average molecular weight is 374 g/mol. The fourth-order valence-electron chi connectivity index (χ4n) is 3.17. The molecule has 0 radical (unpaired) electrons. The van der Waals surface area contributed by atoms with Gasteiger partial charge in [0.1, 0.15) is 0 Å². The van der Waals surface area contributed by atoms with Gasteiger partial charge in [-0.2, -0.15) is 0 Å². The maximum atomic E-state index is 12.4. The minimum Gasteiger partial charge on any atom is -0.465 e. The molecule has 0 bridgehead atoms. The zero-order valence-corrected chi connectivity index (χ0v) is 15.3. The van der Waals surface area contributed by atoms with Gasteiger partial charge in [-0.15, -0.1) is 10.2 Å². The van der Waals surface area contributed by atoms with Crippen molar-refractivity contribution in [1.29, 1.82) is 0 Å². The Morgan fingerprint density at radius 2 is 1.79 bits per heavy atom. The number of esters is 1. The summed E-state index contributed by atoms with van der Waals surface area (Å²) in [5.74, 6) is -0.0848. The van der Waals surface area contributed by atoms with Crippen LogP contribution in [0.15, 0.2) is 60.7 Å². The van der Waals surface area contributed by atoms with Gasteiger partial charge >= 0.3 is 5.97 Å². The lowest BCUT2D eigenvalue weighted by molar-refractivity contribution is 0.0600. The second-order valence-corrected chi connectivity index (χ2v) is 6.33. The number of anilines is 3. The third-order valence-electron chi connectivity index (χ3n) is 4.61. The number of nitrogens with zero attached hydrogens (tertiary/aromatic N) is 3. The molecule has 2 aromatic carbocycles. The molecule has 4 rings (SSSR count). The molecule has 28 heavy (non-hydrogen) atoms. The number of para-hydroxylation sites is 1. The number of carbonyl (C=O) groups excluding carboxylic acids is 2. The molecule has 3 aromatic rings. The Kier molecular flexibility index (Phi) is 4.72. The van der Waals surface area contributed by atoms with Crippen LogP contribution < -0.4 is 10.2 Å². The molecule has 1 N–H and O–H groups in total. The predicted octanol–water partition coefficient (Wildman–Crippen LogP) is 3.21. The summed E-state index contributed by atoms with van der Waals surface area (Å²) in [6.07, 6.45) is 0.960. The van der Waals surface area contributed by atoms with E-state index in [1.807, 2.05) is 12.1 Å². The summed E-state index contributed by atoms with van der Waals surface area (Å²) in [4.78, 5) is 25.9. The minimum absolute atomic E-state index is 0.216. The van der Waals surface area contributed by atoms with E-state index in [2.05, 4.69) is 37.3 Å². The Labute approximate surface area is 162 Å². The van der Waals surface area contributed by atoms with Crippen molar-refractivity contribution in [2.45, 2.75) is 6.42 Å². The van der Waals surface area contributed by atoms with E-state index < -0.39 is 5.97 Å². The van der Waals surface area contributed by atoms with Gasteiger partial charge in [0, 0.05) is 17.9 Å². The molecule has 0 unspecified atom stereocenters. The number of amides is 1. The zero-order valence-electron chi connectivity index (χ0n) is 15.3. The molecule has 0 fully saturated rings. The van der Waals surface area contributed by atoms with Gasteiger partial charge in [0.2, 0.25) is 0 Å². The average Bonchev–Trinajstić information content (AvgIpc) is 3.18. The molecule has 0 aliphatic carbocycles. The van der Waals surface area contributed by atoms with Crippen LogP contribution in [0.1, 0.15) is 26.4 Å². The predicted molar refractivity (Wildman–Crippen MR) is 105 cm³/mol. The summed E-state index contributed by atoms with van der Waals surface area (Å²) >= 11 is 0. The third kappa shape index (κ3) is 3.42. The van der Waals surface area contributed by atoms with Crippen LogP contribution in [0.25, 0.3) is 0 Å². The number of aromatic nitrogens is 2. The monoisotopic (exact) mass is 374 g/mol. The van der Waals surface area contributed by atoms with Crippen molar-refractivity contribution in [1.82, 2.24) is 10.2 Å². The Hall–Kier alpha value is -3.74. The van der Waals surface area contributed by atoms with Gasteiger partial charge in [-0.05, 0) is 54.4 Å². The molecule has 140 valence electrons. The van der Waals surface area contributed by atoms with Gasteiger partial charge in [-0.1, -0.05) is 18.2 Å². The summed E-state index contributed by atoms with van der Waals surface area (Å²) < 4.78 is 4.65. The van der Waals surface area contributed by atoms with Gasteiger partial charge in [-0.25, -0.2) is 4.79 Å². The van der Waals surface area contributed by atoms with Gasteiger partial charge in [0.15, 0.2) is 11.5 Å². The van der Waals surface area contributed by atoms with E-state index in [0.29, 0.717) is 17.1 Å². The highest BCUT2D eigenvalue weighted by molar-refractivity contribution is 6.03. The maximum absolute atomic E-state index is 12.4. The van der Waals surface area contributed by atoms with E-state index in [-0.39, 0.29) is 11.6 Å². The summed E-state index contributed by atoms with van der Waals surface area (Å²) in [5, 5.41) is 11.0. The van der Waals surface area contributed by atoms with Crippen LogP contribution in [0.2, 0.25) is 0 Å². The van der Waals surface area contributed by atoms with Crippen LogP contribution in [-0.2, 0) is 11.2 Å². The largest absolute Gasteiger partial charge is 0.465 e. The molecule has 1 aliphatic heterocycles. The number of hydrogen-bond donors (Lipinski definition) is 1. The first-order valence-corrected chi connectivity index (χ1v) is 8.84. The number of carbonyl (C=O) groups is 2. The fraction of sp³-hybridized carbons (Fsp3) is 0.143. The molecule has 0 saturated heterocycles. The smallest absolute Gasteiger partial charge is 0.337 e. The molecule has 1 amide bonds. The highest BCUT2D eigenvalue weighted by atomic mass is 16.5. The first-order valence-electron chi connectivity index (χ1n) is 8.84. The SMILES string of the molecule is COC(=O)c1ccc(NC(=O)c2ccc(N3CCc4ccccc43)nn2)cc1. The van der Waals surface area contributed by atoms with Crippen molar-refractivity contribution in [2.75, 3.05) is 23.9 Å². The Balaban J connectivity index is 1.45. The third-order valence-corrected chi connectivity index (χ3v) is 4.61. The first-order chi connectivity index (χ1) is 13.7. The second kappa shape index (κ2) is 7.48. The number of rotatable bonds is 4. The summed E-state index contributed by atoms with van der Waals surface area (Å²) in [5.41, 5.74) is 3.59. The standard InChI is InChI=1S/C21H18N4O3/c1-28-21(27)15-6-8-16(9-7-15)22-20(26)17-10-11-19(24-23-17)25-13-12-14-4-2-3-5-18(14)25/h2-11H,12-13H2,1H3,(H,22,26). The summed E-state index contributed by atoms with van der Waals surface area (Å²) in [6.45, 7) is 0.839. The zero-order chi connectivity index (χ0) is 19.5. The lowest BCUT2D eigenvalue weighted by Gasteiger charge is -2.17. The van der Waals surface area contributed by atoms with Gasteiger partial charge in [0.05, 0.1) is 12.7 Å².